The number of hydrogen-bond acceptors (Lipinski definition) is 3. The van der Waals surface area contributed by atoms with E-state index in [0.717, 1.165) is 22.0 Å². The third-order valence-electron chi connectivity index (χ3n) is 3.21. The number of hydrogen-bond donors (Lipinski definition) is 1. The molecule has 1 N–H and O–H groups in total. The maximum absolute atomic E-state index is 12.5. The van der Waals surface area contributed by atoms with Gasteiger partial charge >= 0.3 is 0 Å². The summed E-state index contributed by atoms with van der Waals surface area (Å²) in [6.45, 7) is 8.17. The first-order valence-corrected chi connectivity index (χ1v) is 8.95. The van der Waals surface area contributed by atoms with E-state index in [4.69, 9.17) is 4.74 Å². The number of carbonyl (C=O) groups excluding carboxylic acids is 1. The predicted molar refractivity (Wildman–Crippen MR) is 101 cm³/mol. The lowest BCUT2D eigenvalue weighted by molar-refractivity contribution is 0.0948. The molecule has 0 heterocycles. The molecule has 2 rings (SSSR count). The lowest BCUT2D eigenvalue weighted by Crippen LogP contribution is -2.23. The van der Waals surface area contributed by atoms with Crippen LogP contribution in [0.2, 0.25) is 0 Å². The van der Waals surface area contributed by atoms with Gasteiger partial charge in [0.15, 0.2) is 0 Å². The van der Waals surface area contributed by atoms with Crippen LogP contribution < -0.4 is 10.1 Å². The summed E-state index contributed by atoms with van der Waals surface area (Å²) in [5.74, 6) is 1.52. The topological polar surface area (TPSA) is 38.3 Å². The van der Waals surface area contributed by atoms with Gasteiger partial charge in [-0.2, -0.15) is 0 Å². The Hall–Kier alpha value is -2.20. The highest BCUT2D eigenvalue weighted by Crippen LogP contribution is 2.22. The molecule has 0 radical (unpaired) electrons. The van der Waals surface area contributed by atoms with Crippen LogP contribution in [0.5, 0.6) is 5.75 Å². The van der Waals surface area contributed by atoms with Crippen LogP contribution >= 0.6 is 11.8 Å². The summed E-state index contributed by atoms with van der Waals surface area (Å²) < 4.78 is 5.68. The monoisotopic (exact) mass is 341 g/mol. The normalized spacial score (nSPS) is 10.5. The molecule has 0 aliphatic carbocycles. The highest BCUT2D eigenvalue weighted by molar-refractivity contribution is 7.99. The van der Waals surface area contributed by atoms with Crippen LogP contribution in [-0.2, 0) is 6.54 Å². The van der Waals surface area contributed by atoms with Crippen molar-refractivity contribution in [2.24, 2.45) is 0 Å². The highest BCUT2D eigenvalue weighted by Gasteiger charge is 2.10. The van der Waals surface area contributed by atoms with Crippen LogP contribution in [0.15, 0.2) is 66.1 Å². The minimum absolute atomic E-state index is 0.0719. The fourth-order valence-corrected chi connectivity index (χ4v) is 3.00. The summed E-state index contributed by atoms with van der Waals surface area (Å²) in [4.78, 5) is 13.4. The molecule has 2 aromatic carbocycles. The van der Waals surface area contributed by atoms with Gasteiger partial charge in [0.05, 0.1) is 11.7 Å². The molecule has 24 heavy (non-hydrogen) atoms. The van der Waals surface area contributed by atoms with Crippen molar-refractivity contribution in [1.29, 1.82) is 0 Å². The molecule has 0 aliphatic heterocycles. The van der Waals surface area contributed by atoms with E-state index in [-0.39, 0.29) is 12.0 Å². The predicted octanol–water partition coefficient (Wildman–Crippen LogP) is 4.68. The Morgan fingerprint density at radius 3 is 2.79 bits per heavy atom. The molecule has 0 spiro atoms. The average molecular weight is 341 g/mol. The van der Waals surface area contributed by atoms with Crippen LogP contribution in [-0.4, -0.2) is 17.8 Å². The van der Waals surface area contributed by atoms with E-state index in [0.29, 0.717) is 12.1 Å². The van der Waals surface area contributed by atoms with E-state index in [1.54, 1.807) is 11.8 Å². The van der Waals surface area contributed by atoms with E-state index >= 15 is 0 Å². The second-order valence-corrected chi connectivity index (χ2v) is 6.65. The van der Waals surface area contributed by atoms with E-state index in [1.807, 2.05) is 68.5 Å². The first kappa shape index (κ1) is 18.1. The van der Waals surface area contributed by atoms with Gasteiger partial charge in [0.2, 0.25) is 0 Å². The van der Waals surface area contributed by atoms with E-state index in [1.165, 1.54) is 0 Å². The van der Waals surface area contributed by atoms with Crippen molar-refractivity contribution < 1.29 is 9.53 Å². The molecule has 0 unspecified atom stereocenters. The fraction of sp³-hybridized carbons (Fsp3) is 0.250. The maximum atomic E-state index is 12.5. The number of benzene rings is 2. The van der Waals surface area contributed by atoms with Crippen LogP contribution in [0.3, 0.4) is 0 Å². The number of thioether (sulfide) groups is 1. The summed E-state index contributed by atoms with van der Waals surface area (Å²) in [7, 11) is 0. The SMILES string of the molecule is C=CCSc1ccccc1C(=O)NCc1cccc(OC(C)C)c1. The van der Waals surface area contributed by atoms with Gasteiger partial charge in [-0.3, -0.25) is 4.79 Å². The molecule has 126 valence electrons. The Morgan fingerprint density at radius 1 is 1.25 bits per heavy atom. The molecule has 0 fully saturated rings. The maximum Gasteiger partial charge on any atom is 0.252 e. The third-order valence-corrected chi connectivity index (χ3v) is 4.28. The summed E-state index contributed by atoms with van der Waals surface area (Å²) in [5.41, 5.74) is 1.71. The Bertz CT molecular complexity index is 698. The minimum Gasteiger partial charge on any atom is -0.491 e. The summed E-state index contributed by atoms with van der Waals surface area (Å²) >= 11 is 1.61. The van der Waals surface area contributed by atoms with Gasteiger partial charge in [-0.1, -0.05) is 30.3 Å². The molecule has 0 aliphatic rings. The van der Waals surface area contributed by atoms with Crippen molar-refractivity contribution in [3.8, 4) is 5.75 Å². The Labute approximate surface area is 148 Å². The lowest BCUT2D eigenvalue weighted by atomic mass is 10.2. The summed E-state index contributed by atoms with van der Waals surface area (Å²) in [5, 5.41) is 2.98. The first-order chi connectivity index (χ1) is 11.6. The zero-order valence-electron chi connectivity index (χ0n) is 14.1. The molecule has 0 saturated heterocycles. The molecule has 0 aromatic heterocycles. The first-order valence-electron chi connectivity index (χ1n) is 7.96. The van der Waals surface area contributed by atoms with Crippen molar-refractivity contribution in [3.05, 3.63) is 72.3 Å². The summed E-state index contributed by atoms with van der Waals surface area (Å²) in [6, 6.07) is 15.4. The molecule has 0 atom stereocenters. The van der Waals surface area contributed by atoms with Crippen molar-refractivity contribution in [2.75, 3.05) is 5.75 Å². The van der Waals surface area contributed by atoms with Crippen molar-refractivity contribution in [3.63, 3.8) is 0 Å². The van der Waals surface area contributed by atoms with Crippen LogP contribution in [0, 0.1) is 0 Å². The highest BCUT2D eigenvalue weighted by atomic mass is 32.2. The Balaban J connectivity index is 2.02. The zero-order chi connectivity index (χ0) is 17.4. The van der Waals surface area contributed by atoms with E-state index < -0.39 is 0 Å². The number of carbonyl (C=O) groups is 1. The smallest absolute Gasteiger partial charge is 0.252 e. The van der Waals surface area contributed by atoms with E-state index in [2.05, 4.69) is 11.9 Å². The summed E-state index contributed by atoms with van der Waals surface area (Å²) in [6.07, 6.45) is 1.96. The number of rotatable bonds is 8. The zero-order valence-corrected chi connectivity index (χ0v) is 14.9. The van der Waals surface area contributed by atoms with Crippen molar-refractivity contribution in [2.45, 2.75) is 31.4 Å². The Kier molecular flexibility index (Phi) is 6.94. The second-order valence-electron chi connectivity index (χ2n) is 5.59. The quantitative estimate of drug-likeness (QED) is 0.559. The molecule has 1 amide bonds. The van der Waals surface area contributed by atoms with Gasteiger partial charge in [0.1, 0.15) is 5.75 Å². The van der Waals surface area contributed by atoms with Gasteiger partial charge in [-0.25, -0.2) is 0 Å². The van der Waals surface area contributed by atoms with Crippen molar-refractivity contribution >= 4 is 17.7 Å². The minimum atomic E-state index is -0.0719. The van der Waals surface area contributed by atoms with Gasteiger partial charge in [0, 0.05) is 17.2 Å². The average Bonchev–Trinajstić information content (AvgIpc) is 2.58. The second kappa shape index (κ2) is 9.18. The lowest BCUT2D eigenvalue weighted by Gasteiger charge is -2.12. The van der Waals surface area contributed by atoms with Crippen LogP contribution in [0.25, 0.3) is 0 Å². The largest absolute Gasteiger partial charge is 0.491 e. The number of nitrogens with one attached hydrogen (secondary N) is 1. The van der Waals surface area contributed by atoms with Crippen molar-refractivity contribution in [1.82, 2.24) is 5.32 Å². The Morgan fingerprint density at radius 2 is 2.04 bits per heavy atom. The van der Waals surface area contributed by atoms with Crippen LogP contribution in [0.1, 0.15) is 29.8 Å². The standard InChI is InChI=1S/C20H23NO2S/c1-4-12-24-19-11-6-5-10-18(19)20(22)21-14-16-8-7-9-17(13-16)23-15(2)3/h4-11,13,15H,1,12,14H2,2-3H3,(H,21,22). The fourth-order valence-electron chi connectivity index (χ4n) is 2.21. The van der Waals surface area contributed by atoms with Gasteiger partial charge in [-0.05, 0) is 43.7 Å². The number of ether oxygens (including phenoxy) is 1. The van der Waals surface area contributed by atoms with Gasteiger partial charge in [0.25, 0.3) is 5.91 Å². The molecule has 2 aromatic rings. The number of amides is 1. The molecular formula is C20H23NO2S. The molecular weight excluding hydrogens is 318 g/mol. The van der Waals surface area contributed by atoms with Crippen LogP contribution in [0.4, 0.5) is 0 Å². The molecule has 0 saturated carbocycles. The van der Waals surface area contributed by atoms with Gasteiger partial charge < -0.3 is 10.1 Å². The van der Waals surface area contributed by atoms with Gasteiger partial charge in [-0.15, -0.1) is 18.3 Å². The molecule has 3 nitrogen and oxygen atoms in total. The van der Waals surface area contributed by atoms with E-state index in [9.17, 15) is 4.79 Å². The molecule has 0 bridgehead atoms. The third kappa shape index (κ3) is 5.46. The molecule has 4 heteroatoms.